The molecule has 4 nitrogen and oxygen atoms in total. The monoisotopic (exact) mass is 852 g/mol. The number of imidazole rings is 1. The number of pyridine rings is 1. The van der Waals surface area contributed by atoms with Crippen LogP contribution in [0.4, 0.5) is 0 Å². The molecule has 0 saturated heterocycles. The number of para-hydroxylation sites is 1. The van der Waals surface area contributed by atoms with E-state index < -0.39 is 42.5 Å². The molecule has 64 heavy (non-hydrogen) atoms. The minimum absolute atomic E-state index is 0.00839. The van der Waals surface area contributed by atoms with Crippen LogP contribution in [0.1, 0.15) is 145 Å². The summed E-state index contributed by atoms with van der Waals surface area (Å²) in [5.74, 6) is 0.0292. The van der Waals surface area contributed by atoms with Crippen LogP contribution in [0.15, 0.2) is 133 Å². The van der Waals surface area contributed by atoms with E-state index in [1.807, 2.05) is 32.0 Å². The summed E-state index contributed by atoms with van der Waals surface area (Å²) in [5.41, 5.74) is 12.1. The molecule has 8 aromatic rings. The molecule has 0 aliphatic heterocycles. The molecule has 6 aromatic carbocycles. The molecule has 0 spiro atoms. The lowest BCUT2D eigenvalue weighted by atomic mass is 9.83. The van der Waals surface area contributed by atoms with Crippen molar-refractivity contribution in [3.63, 3.8) is 0 Å². The first kappa shape index (κ1) is 35.1. The molecule has 0 bridgehead atoms. The van der Waals surface area contributed by atoms with E-state index >= 15 is 0 Å². The highest BCUT2D eigenvalue weighted by molar-refractivity contribution is 5.98. The molecule has 326 valence electrons. The Morgan fingerprint density at radius 3 is 1.94 bits per heavy atom. The summed E-state index contributed by atoms with van der Waals surface area (Å²) in [7, 11) is 0. The van der Waals surface area contributed by atoms with Crippen LogP contribution < -0.4 is 0 Å². The predicted octanol–water partition coefficient (Wildman–Crippen LogP) is 16.7. The lowest BCUT2D eigenvalue weighted by Gasteiger charge is -2.22. The number of rotatable bonds is 9. The second-order valence-electron chi connectivity index (χ2n) is 20.0. The summed E-state index contributed by atoms with van der Waals surface area (Å²) in [4.78, 5) is 10.4. The molecule has 0 fully saturated rings. The van der Waals surface area contributed by atoms with Crippen LogP contribution in [-0.2, 0) is 10.8 Å². The van der Waals surface area contributed by atoms with E-state index in [1.165, 1.54) is 5.56 Å². The first-order chi connectivity index (χ1) is 33.5. The fourth-order valence-corrected chi connectivity index (χ4v) is 8.37. The number of hydrogen-bond acceptors (Lipinski definition) is 3. The summed E-state index contributed by atoms with van der Waals surface area (Å²) in [6.45, 7) is 22.4. The molecular weight excluding hydrogens is 779 g/mol. The zero-order valence-corrected chi connectivity index (χ0v) is 39.3. The van der Waals surface area contributed by atoms with E-state index in [4.69, 9.17) is 20.9 Å². The Morgan fingerprint density at radius 1 is 0.609 bits per heavy atom. The number of hydrogen-bond donors (Lipinski definition) is 1. The van der Waals surface area contributed by atoms with Gasteiger partial charge in [0.15, 0.2) is 0 Å². The number of phenolic OH excluding ortho intramolecular Hbond substituents is 1. The highest BCUT2D eigenvalue weighted by Gasteiger charge is 2.26. The molecular formula is C60H65N3O. The topological polar surface area (TPSA) is 50.9 Å². The van der Waals surface area contributed by atoms with Gasteiger partial charge in [-0.2, -0.15) is 0 Å². The van der Waals surface area contributed by atoms with E-state index in [1.54, 1.807) is 18.3 Å². The first-order valence-electron chi connectivity index (χ1n) is 26.3. The maximum atomic E-state index is 12.4. The average molecular weight is 852 g/mol. The molecule has 0 saturated carbocycles. The molecule has 0 amide bonds. The van der Waals surface area contributed by atoms with Gasteiger partial charge < -0.3 is 5.11 Å². The van der Waals surface area contributed by atoms with Gasteiger partial charge in [0.25, 0.3) is 0 Å². The number of aromatic nitrogens is 3. The van der Waals surface area contributed by atoms with Gasteiger partial charge in [-0.05, 0) is 134 Å². The zero-order valence-electron chi connectivity index (χ0n) is 47.3. The van der Waals surface area contributed by atoms with Crippen LogP contribution in [-0.4, -0.2) is 19.6 Å². The molecule has 4 heteroatoms. The summed E-state index contributed by atoms with van der Waals surface area (Å²) < 4.78 is 70.0. The average Bonchev–Trinajstić information content (AvgIpc) is 3.69. The second kappa shape index (κ2) is 17.0. The van der Waals surface area contributed by atoms with Gasteiger partial charge in [0.2, 0.25) is 0 Å². The SMILES string of the molecule is [2H]c1c([2H])c(C([2H])([2H])[2H])c([2H])c([2H])c1-c1ccnc(-c2cc(-c3cccc4c3nc(-c3cc(C(C)C)cc(C(C)C)c3O)n4-c3ccc(C([2H])(C)C)cc3-c3ccc(C(C)(C)C)cc3)cc(C(C)(C)C)c2)c1. The maximum absolute atomic E-state index is 12.4. The zero-order chi connectivity index (χ0) is 52.7. The second-order valence-corrected chi connectivity index (χ2v) is 20.0. The minimum atomic E-state index is -2.83. The van der Waals surface area contributed by atoms with Crippen molar-refractivity contribution in [3.05, 3.63) is 167 Å². The largest absolute Gasteiger partial charge is 0.507 e. The van der Waals surface area contributed by atoms with Crippen LogP contribution in [0.25, 0.3) is 72.7 Å². The Morgan fingerprint density at radius 2 is 1.30 bits per heavy atom. The summed E-state index contributed by atoms with van der Waals surface area (Å²) in [6.07, 6.45) is 1.57. The molecule has 0 aliphatic carbocycles. The molecule has 0 atom stereocenters. The lowest BCUT2D eigenvalue weighted by molar-refractivity contribution is 0.466. The van der Waals surface area contributed by atoms with E-state index in [9.17, 15) is 5.11 Å². The third kappa shape index (κ3) is 8.68. The van der Waals surface area contributed by atoms with Crippen LogP contribution >= 0.6 is 0 Å². The summed E-state index contributed by atoms with van der Waals surface area (Å²) in [6, 6.07) is 32.7. The third-order valence-electron chi connectivity index (χ3n) is 12.3. The van der Waals surface area contributed by atoms with Gasteiger partial charge in [0, 0.05) is 28.4 Å². The Kier molecular flexibility index (Phi) is 9.35. The molecule has 0 unspecified atom stereocenters. The number of phenols is 1. The maximum Gasteiger partial charge on any atom is 0.149 e. The van der Waals surface area contributed by atoms with Gasteiger partial charge in [-0.15, -0.1) is 0 Å². The highest BCUT2D eigenvalue weighted by atomic mass is 16.3. The normalized spacial score (nSPS) is 14.5. The van der Waals surface area contributed by atoms with Crippen molar-refractivity contribution in [2.24, 2.45) is 0 Å². The fraction of sp³-hybridized carbons (Fsp3) is 0.300. The van der Waals surface area contributed by atoms with E-state index in [2.05, 4.69) is 147 Å². The molecule has 0 aliphatic rings. The molecule has 0 radical (unpaired) electrons. The first-order valence-corrected chi connectivity index (χ1v) is 22.3. The summed E-state index contributed by atoms with van der Waals surface area (Å²) >= 11 is 0. The van der Waals surface area contributed by atoms with Crippen molar-refractivity contribution in [2.45, 2.75) is 118 Å². The van der Waals surface area contributed by atoms with Crippen molar-refractivity contribution in [3.8, 4) is 67.5 Å². The molecule has 1 N–H and O–H groups in total. The van der Waals surface area contributed by atoms with E-state index in [0.29, 0.717) is 28.2 Å². The van der Waals surface area contributed by atoms with Crippen LogP contribution in [0.2, 0.25) is 0 Å². The van der Waals surface area contributed by atoms with Gasteiger partial charge in [-0.1, -0.05) is 167 Å². The standard InChI is InChI=1S/C60H65N3O/c1-36(2)42-23-26-54(51(32-42)41-21-24-47(25-22-41)59(8,9)10)63-55-16-14-15-49(56(55)62-58(63)52-34-44(37(3)4)33-50(38(5)6)57(52)64)45-29-46(31-48(30-45)60(11,12)13)53-35-43(27-28-61-53)40-19-17-39(7)18-20-40/h14-38,64H,1-13H3/i7D3,17D,18D,19D,20D,36D. The van der Waals surface area contributed by atoms with Crippen molar-refractivity contribution in [1.29, 1.82) is 0 Å². The van der Waals surface area contributed by atoms with Crippen LogP contribution in [0.5, 0.6) is 5.75 Å². The fourth-order valence-electron chi connectivity index (χ4n) is 8.37. The number of benzene rings is 6. The van der Waals surface area contributed by atoms with Crippen LogP contribution in [0.3, 0.4) is 0 Å². The molecule has 8 rings (SSSR count). The van der Waals surface area contributed by atoms with E-state index in [0.717, 1.165) is 61.3 Å². The predicted molar refractivity (Wildman–Crippen MR) is 272 cm³/mol. The Balaban J connectivity index is 1.43. The molecule has 2 heterocycles. The van der Waals surface area contributed by atoms with Gasteiger partial charge >= 0.3 is 0 Å². The number of fused-ring (bicyclic) bond motifs is 1. The van der Waals surface area contributed by atoms with Gasteiger partial charge in [0.05, 0.1) is 33.5 Å². The number of nitrogens with zero attached hydrogens (tertiary/aromatic N) is 3. The minimum Gasteiger partial charge on any atom is -0.507 e. The van der Waals surface area contributed by atoms with Crippen molar-refractivity contribution in [1.82, 2.24) is 14.5 Å². The molecule has 2 aromatic heterocycles. The smallest absolute Gasteiger partial charge is 0.149 e. The Bertz CT molecular complexity index is 3370. The van der Waals surface area contributed by atoms with Crippen molar-refractivity contribution in [2.75, 3.05) is 0 Å². The quantitative estimate of drug-likeness (QED) is 0.157. The van der Waals surface area contributed by atoms with E-state index in [-0.39, 0.29) is 34.0 Å². The van der Waals surface area contributed by atoms with Gasteiger partial charge in [0.1, 0.15) is 11.6 Å². The third-order valence-corrected chi connectivity index (χ3v) is 12.3. The Labute approximate surface area is 393 Å². The van der Waals surface area contributed by atoms with Gasteiger partial charge in [-0.25, -0.2) is 4.98 Å². The lowest BCUT2D eigenvalue weighted by Crippen LogP contribution is -2.11. The van der Waals surface area contributed by atoms with Crippen molar-refractivity contribution < 1.29 is 16.1 Å². The van der Waals surface area contributed by atoms with Crippen molar-refractivity contribution >= 4 is 11.0 Å². The highest BCUT2D eigenvalue weighted by Crippen LogP contribution is 2.45. The Hall–Kier alpha value is -6.26. The van der Waals surface area contributed by atoms with Gasteiger partial charge in [-0.3, -0.25) is 9.55 Å². The van der Waals surface area contributed by atoms with Crippen LogP contribution in [0, 0.1) is 6.85 Å². The summed E-state index contributed by atoms with van der Waals surface area (Å²) in [5, 5.41) is 12.4. The number of aromatic hydroxyl groups is 1.